The fourth-order valence-electron chi connectivity index (χ4n) is 2.20. The molecule has 0 spiro atoms. The Morgan fingerprint density at radius 2 is 1.96 bits per heavy atom. The Bertz CT molecular complexity index is 904. The van der Waals surface area contributed by atoms with Gasteiger partial charge in [0.05, 0.1) is 29.2 Å². The van der Waals surface area contributed by atoms with Gasteiger partial charge < -0.3 is 9.47 Å². The second-order valence-electron chi connectivity index (χ2n) is 5.26. The fraction of sp³-hybridized carbons (Fsp3) is 0.235. The van der Waals surface area contributed by atoms with Crippen molar-refractivity contribution >= 4 is 34.8 Å². The zero-order valence-corrected chi connectivity index (χ0v) is 15.8. The second kappa shape index (κ2) is 9.11. The van der Waals surface area contributed by atoms with E-state index in [1.54, 1.807) is 0 Å². The van der Waals surface area contributed by atoms with Crippen molar-refractivity contribution in [2.45, 2.75) is 6.18 Å². The van der Waals surface area contributed by atoms with Crippen molar-refractivity contribution in [3.8, 4) is 11.5 Å². The fourth-order valence-corrected chi connectivity index (χ4v) is 2.50. The maximum Gasteiger partial charge on any atom is 0.416 e. The predicted octanol–water partition coefficient (Wildman–Crippen LogP) is 5.69. The highest BCUT2D eigenvalue weighted by Gasteiger charge is 2.31. The molecule has 0 saturated carbocycles. The number of hydrogen-bond donors (Lipinski definition) is 0. The van der Waals surface area contributed by atoms with Gasteiger partial charge >= 0.3 is 6.18 Å². The van der Waals surface area contributed by atoms with Crippen LogP contribution in [0.25, 0.3) is 0 Å². The van der Waals surface area contributed by atoms with Gasteiger partial charge in [-0.15, -0.1) is 11.6 Å². The van der Waals surface area contributed by atoms with Crippen LogP contribution in [0.5, 0.6) is 11.5 Å². The quantitative estimate of drug-likeness (QED) is 0.191. The van der Waals surface area contributed by atoms with Crippen molar-refractivity contribution in [2.24, 2.45) is 4.99 Å². The van der Waals surface area contributed by atoms with Crippen LogP contribution in [0.2, 0.25) is 5.02 Å². The molecule has 0 atom stereocenters. The van der Waals surface area contributed by atoms with Crippen LogP contribution in [0.15, 0.2) is 41.4 Å². The molecule has 150 valence electrons. The molecule has 0 N–H and O–H groups in total. The van der Waals surface area contributed by atoms with E-state index in [2.05, 4.69) is 4.99 Å². The topological polar surface area (TPSA) is 74.0 Å². The normalized spacial score (nSPS) is 12.0. The van der Waals surface area contributed by atoms with Crippen LogP contribution in [0.4, 0.5) is 18.9 Å². The molecular weight excluding hydrogens is 424 g/mol. The van der Waals surface area contributed by atoms with Gasteiger partial charge in [-0.05, 0) is 24.3 Å². The number of nitro benzene ring substituents is 1. The maximum atomic E-state index is 12.7. The van der Waals surface area contributed by atoms with E-state index in [9.17, 15) is 23.3 Å². The highest BCUT2D eigenvalue weighted by Crippen LogP contribution is 2.37. The third-order valence-corrected chi connectivity index (χ3v) is 3.88. The minimum absolute atomic E-state index is 0.0261. The molecule has 0 unspecified atom stereocenters. The van der Waals surface area contributed by atoms with Crippen LogP contribution < -0.4 is 4.74 Å². The lowest BCUT2D eigenvalue weighted by atomic mass is 10.1. The van der Waals surface area contributed by atoms with Crippen molar-refractivity contribution in [3.05, 3.63) is 62.7 Å². The molecule has 0 heterocycles. The van der Waals surface area contributed by atoms with E-state index in [-0.39, 0.29) is 46.1 Å². The summed E-state index contributed by atoms with van der Waals surface area (Å²) in [7, 11) is 1.29. The van der Waals surface area contributed by atoms with Gasteiger partial charge in [0.1, 0.15) is 17.1 Å². The van der Waals surface area contributed by atoms with E-state index in [0.29, 0.717) is 0 Å². The van der Waals surface area contributed by atoms with Crippen molar-refractivity contribution in [1.82, 2.24) is 0 Å². The minimum Gasteiger partial charge on any atom is -0.481 e. The Hall–Kier alpha value is -2.52. The van der Waals surface area contributed by atoms with Gasteiger partial charge in [0, 0.05) is 18.0 Å². The summed E-state index contributed by atoms with van der Waals surface area (Å²) in [5.74, 6) is 0.193. The zero-order chi connectivity index (χ0) is 20.9. The van der Waals surface area contributed by atoms with Gasteiger partial charge in [0.2, 0.25) is 5.90 Å². The molecule has 0 bridgehead atoms. The molecule has 0 fully saturated rings. The summed E-state index contributed by atoms with van der Waals surface area (Å²) in [5, 5.41) is 11.0. The van der Waals surface area contributed by atoms with Crippen LogP contribution >= 0.6 is 23.2 Å². The SMILES string of the molecule is COC(=NCCCl)c1cc(Oc2ccc(C(F)(F)F)cc2Cl)ccc1[N+](=O)[O-]. The lowest BCUT2D eigenvalue weighted by molar-refractivity contribution is -0.385. The number of rotatable bonds is 6. The molecule has 0 aromatic heterocycles. The van der Waals surface area contributed by atoms with Crippen LogP contribution in [0.1, 0.15) is 11.1 Å². The number of nitrogens with zero attached hydrogens (tertiary/aromatic N) is 2. The first kappa shape index (κ1) is 21.8. The Balaban J connectivity index is 2.42. The molecule has 2 aromatic rings. The maximum absolute atomic E-state index is 12.7. The van der Waals surface area contributed by atoms with Gasteiger partial charge in [-0.3, -0.25) is 10.1 Å². The van der Waals surface area contributed by atoms with Gasteiger partial charge in [-0.2, -0.15) is 13.2 Å². The molecule has 0 radical (unpaired) electrons. The highest BCUT2D eigenvalue weighted by atomic mass is 35.5. The minimum atomic E-state index is -4.55. The first-order chi connectivity index (χ1) is 13.2. The third kappa shape index (κ3) is 5.26. The number of aliphatic imine (C=N–C) groups is 1. The van der Waals surface area contributed by atoms with Crippen LogP contribution in [-0.2, 0) is 10.9 Å². The van der Waals surface area contributed by atoms with Crippen LogP contribution in [-0.4, -0.2) is 30.4 Å². The summed E-state index contributed by atoms with van der Waals surface area (Å²) in [5.41, 5.74) is -1.19. The number of benzene rings is 2. The summed E-state index contributed by atoms with van der Waals surface area (Å²) < 4.78 is 48.8. The number of hydrogen-bond acceptors (Lipinski definition) is 5. The van der Waals surface area contributed by atoms with Gasteiger partial charge in [0.15, 0.2) is 0 Å². The Morgan fingerprint density at radius 3 is 2.50 bits per heavy atom. The van der Waals surface area contributed by atoms with Gasteiger partial charge in [-0.1, -0.05) is 11.6 Å². The zero-order valence-electron chi connectivity index (χ0n) is 14.3. The van der Waals surface area contributed by atoms with Crippen molar-refractivity contribution in [1.29, 1.82) is 0 Å². The van der Waals surface area contributed by atoms with Crippen LogP contribution in [0, 0.1) is 10.1 Å². The van der Waals surface area contributed by atoms with E-state index in [0.717, 1.165) is 24.3 Å². The van der Waals surface area contributed by atoms with E-state index in [1.807, 2.05) is 0 Å². The lowest BCUT2D eigenvalue weighted by Gasteiger charge is -2.12. The Labute approximate surface area is 167 Å². The molecule has 6 nitrogen and oxygen atoms in total. The molecule has 0 aliphatic rings. The van der Waals surface area contributed by atoms with E-state index < -0.39 is 16.7 Å². The average molecular weight is 437 g/mol. The molecular formula is C17H13Cl2F3N2O4. The Morgan fingerprint density at radius 1 is 1.25 bits per heavy atom. The molecule has 0 aliphatic carbocycles. The number of alkyl halides is 4. The second-order valence-corrected chi connectivity index (χ2v) is 6.05. The van der Waals surface area contributed by atoms with Crippen molar-refractivity contribution in [2.75, 3.05) is 19.5 Å². The predicted molar refractivity (Wildman–Crippen MR) is 98.8 cm³/mol. The summed E-state index contributed by atoms with van der Waals surface area (Å²) >= 11 is 11.4. The molecule has 0 saturated heterocycles. The largest absolute Gasteiger partial charge is 0.481 e. The highest BCUT2D eigenvalue weighted by molar-refractivity contribution is 6.32. The number of ether oxygens (including phenoxy) is 2. The monoisotopic (exact) mass is 436 g/mol. The van der Waals surface area contributed by atoms with Gasteiger partial charge in [-0.25, -0.2) is 4.99 Å². The number of nitro groups is 1. The van der Waals surface area contributed by atoms with Crippen LogP contribution in [0.3, 0.4) is 0 Å². The molecule has 11 heteroatoms. The summed E-state index contributed by atoms with van der Waals surface area (Å²) in [6.45, 7) is 0.164. The standard InChI is InChI=1S/C17H13Cl2F3N2O4/c1-27-16(23-7-6-18)12-9-11(3-4-14(12)24(25)26)28-15-5-2-10(8-13(15)19)17(20,21)22/h2-5,8-9H,6-7H2,1H3. The Kier molecular flexibility index (Phi) is 7.09. The molecule has 28 heavy (non-hydrogen) atoms. The van der Waals surface area contributed by atoms with Crippen molar-refractivity contribution in [3.63, 3.8) is 0 Å². The smallest absolute Gasteiger partial charge is 0.416 e. The summed E-state index contributed by atoms with van der Waals surface area (Å²) in [6, 6.07) is 6.33. The number of halogens is 5. The molecule has 0 aliphatic heterocycles. The third-order valence-electron chi connectivity index (χ3n) is 3.42. The summed E-state index contributed by atoms with van der Waals surface area (Å²) in [4.78, 5) is 14.7. The van der Waals surface area contributed by atoms with Gasteiger partial charge in [0.25, 0.3) is 5.69 Å². The van der Waals surface area contributed by atoms with E-state index >= 15 is 0 Å². The average Bonchev–Trinajstić information content (AvgIpc) is 2.63. The van der Waals surface area contributed by atoms with Crippen molar-refractivity contribution < 1.29 is 27.6 Å². The molecule has 2 rings (SSSR count). The first-order valence-electron chi connectivity index (χ1n) is 7.65. The van der Waals surface area contributed by atoms with E-state index in [4.69, 9.17) is 32.7 Å². The lowest BCUT2D eigenvalue weighted by Crippen LogP contribution is -2.09. The summed E-state index contributed by atoms with van der Waals surface area (Å²) in [6.07, 6.45) is -4.55. The number of methoxy groups -OCH3 is 1. The van der Waals surface area contributed by atoms with E-state index in [1.165, 1.54) is 19.2 Å². The molecule has 2 aromatic carbocycles. The first-order valence-corrected chi connectivity index (χ1v) is 8.56. The molecule has 0 amide bonds.